The Morgan fingerprint density at radius 1 is 0.850 bits per heavy atom. The van der Waals surface area contributed by atoms with Gasteiger partial charge in [0.25, 0.3) is 0 Å². The minimum Gasteiger partial charge on any atom is -0.487 e. The summed E-state index contributed by atoms with van der Waals surface area (Å²) < 4.78 is 11.2. The Morgan fingerprint density at radius 2 is 1.45 bits per heavy atom. The summed E-state index contributed by atoms with van der Waals surface area (Å²) in [7, 11) is 0. The molecule has 0 saturated carbocycles. The fourth-order valence-corrected chi connectivity index (χ4v) is 1.66. The first-order valence-corrected chi connectivity index (χ1v) is 6.47. The summed E-state index contributed by atoms with van der Waals surface area (Å²) in [5.41, 5.74) is 1.07. The van der Waals surface area contributed by atoms with Crippen LogP contribution < -0.4 is 9.47 Å². The zero-order chi connectivity index (χ0) is 14.2. The molecule has 106 valence electrons. The lowest BCUT2D eigenvalue weighted by molar-refractivity contribution is 0.0524. The molecule has 0 spiro atoms. The van der Waals surface area contributed by atoms with Crippen LogP contribution in [0.1, 0.15) is 5.56 Å². The third kappa shape index (κ3) is 4.26. The summed E-state index contributed by atoms with van der Waals surface area (Å²) in [6.07, 6.45) is -0.892. The number of para-hydroxylation sites is 2. The molecular formula is C16H18O4. The lowest BCUT2D eigenvalue weighted by Crippen LogP contribution is -2.21. The summed E-state index contributed by atoms with van der Waals surface area (Å²) in [5.74, 6) is 1.16. The number of aliphatic hydroxyl groups is 2. The van der Waals surface area contributed by atoms with Crippen LogP contribution in [0.15, 0.2) is 54.6 Å². The van der Waals surface area contributed by atoms with Crippen LogP contribution in [0, 0.1) is 0 Å². The van der Waals surface area contributed by atoms with Crippen LogP contribution in [-0.4, -0.2) is 29.5 Å². The van der Waals surface area contributed by atoms with Crippen molar-refractivity contribution in [2.24, 2.45) is 0 Å². The van der Waals surface area contributed by atoms with Crippen LogP contribution in [0.2, 0.25) is 0 Å². The smallest absolute Gasteiger partial charge is 0.161 e. The second-order valence-corrected chi connectivity index (χ2v) is 4.37. The van der Waals surface area contributed by atoms with Crippen molar-refractivity contribution in [2.45, 2.75) is 12.7 Å². The molecule has 0 radical (unpaired) electrons. The van der Waals surface area contributed by atoms with Crippen molar-refractivity contribution in [3.8, 4) is 11.5 Å². The van der Waals surface area contributed by atoms with Gasteiger partial charge in [0.1, 0.15) is 19.3 Å². The maximum Gasteiger partial charge on any atom is 0.161 e. The molecule has 0 bridgehead atoms. The monoisotopic (exact) mass is 274 g/mol. The Morgan fingerprint density at radius 3 is 2.10 bits per heavy atom. The number of aliphatic hydroxyl groups excluding tert-OH is 2. The van der Waals surface area contributed by atoms with Gasteiger partial charge in [-0.25, -0.2) is 0 Å². The quantitative estimate of drug-likeness (QED) is 0.810. The lowest BCUT2D eigenvalue weighted by Gasteiger charge is -2.14. The van der Waals surface area contributed by atoms with Gasteiger partial charge in [-0.2, -0.15) is 0 Å². The molecule has 1 atom stereocenters. The van der Waals surface area contributed by atoms with Gasteiger partial charge < -0.3 is 19.7 Å². The van der Waals surface area contributed by atoms with Crippen LogP contribution in [0.5, 0.6) is 11.5 Å². The normalized spacial score (nSPS) is 11.9. The molecule has 0 fully saturated rings. The minimum absolute atomic E-state index is 0.0300. The maximum absolute atomic E-state index is 9.30. The van der Waals surface area contributed by atoms with Gasteiger partial charge in [0.05, 0.1) is 6.61 Å². The van der Waals surface area contributed by atoms with Gasteiger partial charge in [-0.05, 0) is 17.7 Å². The van der Waals surface area contributed by atoms with Crippen molar-refractivity contribution in [2.75, 3.05) is 13.2 Å². The predicted octanol–water partition coefficient (Wildman–Crippen LogP) is 2.00. The van der Waals surface area contributed by atoms with E-state index in [1.807, 2.05) is 48.5 Å². The van der Waals surface area contributed by atoms with Crippen LogP contribution in [0.25, 0.3) is 0 Å². The first-order valence-electron chi connectivity index (χ1n) is 6.47. The average Bonchev–Trinajstić information content (AvgIpc) is 2.52. The van der Waals surface area contributed by atoms with E-state index in [1.54, 1.807) is 6.07 Å². The van der Waals surface area contributed by atoms with Crippen molar-refractivity contribution < 1.29 is 19.7 Å². The van der Waals surface area contributed by atoms with E-state index in [-0.39, 0.29) is 13.2 Å². The van der Waals surface area contributed by atoms with Crippen LogP contribution in [0.3, 0.4) is 0 Å². The average molecular weight is 274 g/mol. The zero-order valence-electron chi connectivity index (χ0n) is 11.1. The number of rotatable bonds is 7. The molecule has 4 nitrogen and oxygen atoms in total. The SMILES string of the molecule is OC[C@@H](O)COc1ccccc1OCc1ccccc1. The van der Waals surface area contributed by atoms with Gasteiger partial charge in [-0.15, -0.1) is 0 Å². The highest BCUT2D eigenvalue weighted by Gasteiger charge is 2.08. The summed E-state index contributed by atoms with van der Waals surface area (Å²) >= 11 is 0. The zero-order valence-corrected chi connectivity index (χ0v) is 11.1. The Kier molecular flexibility index (Phi) is 5.41. The third-order valence-corrected chi connectivity index (χ3v) is 2.73. The molecule has 2 aromatic rings. The molecule has 0 aliphatic heterocycles. The van der Waals surface area contributed by atoms with Gasteiger partial charge >= 0.3 is 0 Å². The standard InChI is InChI=1S/C16H18O4/c17-10-14(18)12-20-16-9-5-4-8-15(16)19-11-13-6-2-1-3-7-13/h1-9,14,17-18H,10-12H2/t14-/m1/s1. The number of hydrogen-bond acceptors (Lipinski definition) is 4. The van der Waals surface area contributed by atoms with Crippen molar-refractivity contribution in [3.05, 3.63) is 60.2 Å². The van der Waals surface area contributed by atoms with Crippen LogP contribution in [0.4, 0.5) is 0 Å². The van der Waals surface area contributed by atoms with E-state index in [0.29, 0.717) is 18.1 Å². The Hall–Kier alpha value is -2.04. The molecule has 20 heavy (non-hydrogen) atoms. The van der Waals surface area contributed by atoms with E-state index in [0.717, 1.165) is 5.56 Å². The molecule has 0 saturated heterocycles. The summed E-state index contributed by atoms with van der Waals surface area (Å²) in [5, 5.41) is 18.1. The van der Waals surface area contributed by atoms with Gasteiger partial charge in [0.15, 0.2) is 11.5 Å². The summed E-state index contributed by atoms with van der Waals surface area (Å²) in [4.78, 5) is 0. The molecule has 4 heteroatoms. The largest absolute Gasteiger partial charge is 0.487 e. The van der Waals surface area contributed by atoms with E-state index >= 15 is 0 Å². The molecule has 0 aromatic heterocycles. The fraction of sp³-hybridized carbons (Fsp3) is 0.250. The van der Waals surface area contributed by atoms with E-state index < -0.39 is 6.10 Å². The van der Waals surface area contributed by atoms with Crippen molar-refractivity contribution in [1.82, 2.24) is 0 Å². The molecule has 0 unspecified atom stereocenters. The second-order valence-electron chi connectivity index (χ2n) is 4.37. The Balaban J connectivity index is 1.97. The number of ether oxygens (including phenoxy) is 2. The fourth-order valence-electron chi connectivity index (χ4n) is 1.66. The summed E-state index contributed by atoms with van der Waals surface area (Å²) in [6.45, 7) is 0.152. The highest BCUT2D eigenvalue weighted by molar-refractivity contribution is 5.39. The third-order valence-electron chi connectivity index (χ3n) is 2.73. The topological polar surface area (TPSA) is 58.9 Å². The van der Waals surface area contributed by atoms with Crippen LogP contribution in [-0.2, 0) is 6.61 Å². The van der Waals surface area contributed by atoms with E-state index in [1.165, 1.54) is 0 Å². The molecule has 2 aromatic carbocycles. The predicted molar refractivity (Wildman–Crippen MR) is 75.8 cm³/mol. The van der Waals surface area contributed by atoms with E-state index in [9.17, 15) is 5.11 Å². The second kappa shape index (κ2) is 7.53. The first kappa shape index (κ1) is 14.4. The van der Waals surface area contributed by atoms with Crippen molar-refractivity contribution >= 4 is 0 Å². The van der Waals surface area contributed by atoms with E-state index in [2.05, 4.69) is 0 Å². The van der Waals surface area contributed by atoms with Gasteiger partial charge in [0, 0.05) is 0 Å². The molecule has 0 aliphatic carbocycles. The molecular weight excluding hydrogens is 256 g/mol. The molecule has 2 N–H and O–H groups in total. The van der Waals surface area contributed by atoms with E-state index in [4.69, 9.17) is 14.6 Å². The number of benzene rings is 2. The summed E-state index contributed by atoms with van der Waals surface area (Å²) in [6, 6.07) is 17.1. The highest BCUT2D eigenvalue weighted by atomic mass is 16.5. The van der Waals surface area contributed by atoms with Gasteiger partial charge in [-0.3, -0.25) is 0 Å². The van der Waals surface area contributed by atoms with Gasteiger partial charge in [0.2, 0.25) is 0 Å². The molecule has 2 rings (SSSR count). The highest BCUT2D eigenvalue weighted by Crippen LogP contribution is 2.27. The molecule has 0 amide bonds. The van der Waals surface area contributed by atoms with Gasteiger partial charge in [-0.1, -0.05) is 42.5 Å². The molecule has 0 heterocycles. The van der Waals surface area contributed by atoms with Crippen LogP contribution >= 0.6 is 0 Å². The van der Waals surface area contributed by atoms with Crippen molar-refractivity contribution in [3.63, 3.8) is 0 Å². The Bertz CT molecular complexity index is 513. The lowest BCUT2D eigenvalue weighted by atomic mass is 10.2. The number of hydrogen-bond donors (Lipinski definition) is 2. The Labute approximate surface area is 118 Å². The molecule has 0 aliphatic rings. The minimum atomic E-state index is -0.892. The first-order chi connectivity index (χ1) is 9.79. The maximum atomic E-state index is 9.30. The van der Waals surface area contributed by atoms with Crippen molar-refractivity contribution in [1.29, 1.82) is 0 Å².